The molecule has 0 aromatic carbocycles. The molecule has 0 saturated carbocycles. The minimum absolute atomic E-state index is 0.0891. The van der Waals surface area contributed by atoms with Crippen LogP contribution in [0, 0.1) is 0 Å². The number of carbonyl (C=O) groups excluding carboxylic acids is 2. The third-order valence-electron chi connectivity index (χ3n) is 4.89. The fourth-order valence-electron chi connectivity index (χ4n) is 3.47. The normalized spacial score (nSPS) is 19.4. The summed E-state index contributed by atoms with van der Waals surface area (Å²) in [6.07, 6.45) is 4.89. The van der Waals surface area contributed by atoms with E-state index < -0.39 is 0 Å². The Labute approximate surface area is 154 Å². The van der Waals surface area contributed by atoms with Gasteiger partial charge in [0.1, 0.15) is 5.69 Å². The molecule has 1 unspecified atom stereocenters. The smallest absolute Gasteiger partial charge is 0.287 e. The fourth-order valence-corrected chi connectivity index (χ4v) is 3.47. The van der Waals surface area contributed by atoms with Crippen molar-refractivity contribution in [2.24, 2.45) is 0 Å². The predicted molar refractivity (Wildman–Crippen MR) is 97.4 cm³/mol. The zero-order valence-electron chi connectivity index (χ0n) is 15.7. The van der Waals surface area contributed by atoms with Crippen LogP contribution in [0.4, 0.5) is 0 Å². The number of nitrogens with zero attached hydrogens (tertiary/aromatic N) is 3. The first-order valence-electron chi connectivity index (χ1n) is 9.48. The first-order chi connectivity index (χ1) is 12.6. The van der Waals surface area contributed by atoms with Gasteiger partial charge in [0, 0.05) is 32.8 Å². The van der Waals surface area contributed by atoms with E-state index in [1.54, 1.807) is 0 Å². The van der Waals surface area contributed by atoms with Crippen molar-refractivity contribution in [2.75, 3.05) is 40.3 Å². The monoisotopic (exact) mass is 363 g/mol. The molecule has 3 heterocycles. The molecule has 2 amide bonds. The van der Waals surface area contributed by atoms with Crippen LogP contribution in [0.2, 0.25) is 0 Å². The Morgan fingerprint density at radius 1 is 1.23 bits per heavy atom. The average Bonchev–Trinajstić information content (AvgIpc) is 3.27. The van der Waals surface area contributed by atoms with Gasteiger partial charge in [0.05, 0.1) is 11.8 Å². The number of nitrogens with one attached hydrogen (secondary N) is 2. The predicted octanol–water partition coefficient (Wildman–Crippen LogP) is 0.420. The van der Waals surface area contributed by atoms with Crippen molar-refractivity contribution in [3.05, 3.63) is 17.2 Å². The summed E-state index contributed by atoms with van der Waals surface area (Å²) in [4.78, 5) is 31.6. The number of amides is 2. The van der Waals surface area contributed by atoms with Crippen LogP contribution in [0.3, 0.4) is 0 Å². The number of carbonyl (C=O) groups is 2. The third-order valence-corrected chi connectivity index (χ3v) is 4.89. The highest BCUT2D eigenvalue weighted by Crippen LogP contribution is 2.21. The second-order valence-corrected chi connectivity index (χ2v) is 7.24. The quantitative estimate of drug-likeness (QED) is 0.733. The molecule has 2 N–H and O–H groups in total. The topological polar surface area (TPSA) is 88.5 Å². The number of hydrogen-bond acceptors (Lipinski definition) is 5. The summed E-state index contributed by atoms with van der Waals surface area (Å²) in [5, 5.41) is 5.82. The van der Waals surface area contributed by atoms with Crippen LogP contribution in [0.5, 0.6) is 0 Å². The van der Waals surface area contributed by atoms with Gasteiger partial charge in [-0.25, -0.2) is 4.98 Å². The lowest BCUT2D eigenvalue weighted by Gasteiger charge is -2.17. The highest BCUT2D eigenvalue weighted by atomic mass is 16.5. The van der Waals surface area contributed by atoms with E-state index in [0.29, 0.717) is 24.6 Å². The Hall–Kier alpha value is -1.93. The van der Waals surface area contributed by atoms with Gasteiger partial charge < -0.3 is 24.8 Å². The van der Waals surface area contributed by atoms with Gasteiger partial charge in [0.25, 0.3) is 11.8 Å². The van der Waals surface area contributed by atoms with Gasteiger partial charge in [-0.15, -0.1) is 0 Å². The molecule has 8 nitrogen and oxygen atoms in total. The first kappa shape index (κ1) is 18.8. The van der Waals surface area contributed by atoms with Crippen LogP contribution < -0.4 is 10.6 Å². The lowest BCUT2D eigenvalue weighted by atomic mass is 10.1. The first-order valence-corrected chi connectivity index (χ1v) is 9.48. The largest absolute Gasteiger partial charge is 0.376 e. The van der Waals surface area contributed by atoms with E-state index >= 15 is 0 Å². The molecule has 0 aliphatic carbocycles. The Kier molecular flexibility index (Phi) is 6.26. The Bertz CT molecular complexity index is 649. The molecule has 0 bridgehead atoms. The molecule has 3 rings (SSSR count). The highest BCUT2D eigenvalue weighted by Gasteiger charge is 2.28. The summed E-state index contributed by atoms with van der Waals surface area (Å²) in [5.41, 5.74) is 1.26. The van der Waals surface area contributed by atoms with Gasteiger partial charge in [0.15, 0.2) is 5.82 Å². The zero-order valence-corrected chi connectivity index (χ0v) is 15.7. The van der Waals surface area contributed by atoms with E-state index in [0.717, 1.165) is 57.5 Å². The second kappa shape index (κ2) is 8.64. The summed E-state index contributed by atoms with van der Waals surface area (Å²) < 4.78 is 7.46. The van der Waals surface area contributed by atoms with E-state index in [1.807, 2.05) is 23.6 Å². The molecule has 0 radical (unpaired) electrons. The van der Waals surface area contributed by atoms with E-state index in [2.05, 4.69) is 15.6 Å². The molecule has 0 spiro atoms. The van der Waals surface area contributed by atoms with Crippen molar-refractivity contribution < 1.29 is 14.3 Å². The standard InChI is InChI=1S/C18H29N5O3/c1-22(2)10-8-19-18(25)16-21-15(14-7-3-4-9-23(14)16)17(24)20-12-13-6-5-11-26-13/h13H,3-12H2,1-2H3,(H,19,25)(H,20,24). The van der Waals surface area contributed by atoms with E-state index in [9.17, 15) is 9.59 Å². The number of aromatic nitrogens is 2. The minimum Gasteiger partial charge on any atom is -0.376 e. The molecule has 2 aliphatic heterocycles. The van der Waals surface area contributed by atoms with E-state index in [1.165, 1.54) is 0 Å². The summed E-state index contributed by atoms with van der Waals surface area (Å²) in [7, 11) is 3.92. The fraction of sp³-hybridized carbons (Fsp3) is 0.722. The lowest BCUT2D eigenvalue weighted by molar-refractivity contribution is 0.0853. The maximum absolute atomic E-state index is 12.6. The number of hydrogen-bond donors (Lipinski definition) is 2. The number of imidazole rings is 1. The van der Waals surface area contributed by atoms with Gasteiger partial charge in [-0.2, -0.15) is 0 Å². The van der Waals surface area contributed by atoms with Crippen molar-refractivity contribution in [3.63, 3.8) is 0 Å². The van der Waals surface area contributed by atoms with Crippen molar-refractivity contribution in [3.8, 4) is 0 Å². The number of likely N-dealkylation sites (N-methyl/N-ethyl adjacent to an activating group) is 1. The molecule has 1 atom stereocenters. The second-order valence-electron chi connectivity index (χ2n) is 7.24. The summed E-state index contributed by atoms with van der Waals surface area (Å²) in [6, 6.07) is 0. The molecule has 8 heteroatoms. The molecule has 26 heavy (non-hydrogen) atoms. The number of rotatable bonds is 7. The van der Waals surface area contributed by atoms with Crippen molar-refractivity contribution in [1.82, 2.24) is 25.1 Å². The maximum atomic E-state index is 12.6. The van der Waals surface area contributed by atoms with Crippen molar-refractivity contribution in [2.45, 2.75) is 44.8 Å². The molecule has 1 fully saturated rings. The molecule has 1 aromatic heterocycles. The van der Waals surface area contributed by atoms with Gasteiger partial charge in [-0.1, -0.05) is 0 Å². The Morgan fingerprint density at radius 2 is 2.08 bits per heavy atom. The Morgan fingerprint density at radius 3 is 2.81 bits per heavy atom. The van der Waals surface area contributed by atoms with Crippen molar-refractivity contribution in [1.29, 1.82) is 0 Å². The van der Waals surface area contributed by atoms with Crippen LogP contribution in [0.15, 0.2) is 0 Å². The summed E-state index contributed by atoms with van der Waals surface area (Å²) in [5.74, 6) is -0.0765. The van der Waals surface area contributed by atoms with Crippen LogP contribution in [0.25, 0.3) is 0 Å². The highest BCUT2D eigenvalue weighted by molar-refractivity contribution is 5.97. The van der Waals surface area contributed by atoms with Crippen LogP contribution in [-0.4, -0.2) is 72.7 Å². The van der Waals surface area contributed by atoms with E-state index in [-0.39, 0.29) is 17.9 Å². The lowest BCUT2D eigenvalue weighted by Crippen LogP contribution is -2.33. The molecule has 1 saturated heterocycles. The molecular formula is C18H29N5O3. The number of fused-ring (bicyclic) bond motifs is 1. The molecule has 1 aromatic rings. The van der Waals surface area contributed by atoms with Crippen molar-refractivity contribution >= 4 is 11.8 Å². The third kappa shape index (κ3) is 4.42. The molecule has 2 aliphatic rings. The van der Waals surface area contributed by atoms with Gasteiger partial charge >= 0.3 is 0 Å². The van der Waals surface area contributed by atoms with Crippen LogP contribution >= 0.6 is 0 Å². The number of ether oxygens (including phenoxy) is 1. The average molecular weight is 363 g/mol. The zero-order chi connectivity index (χ0) is 18.5. The van der Waals surface area contributed by atoms with Crippen LogP contribution in [-0.2, 0) is 17.7 Å². The molecular weight excluding hydrogens is 334 g/mol. The Balaban J connectivity index is 1.70. The van der Waals surface area contributed by atoms with Gasteiger partial charge in [-0.05, 0) is 46.2 Å². The SMILES string of the molecule is CN(C)CCNC(=O)c1nc(C(=O)NCC2CCCO2)c2n1CCCC2. The van der Waals surface area contributed by atoms with Gasteiger partial charge in [0.2, 0.25) is 0 Å². The van der Waals surface area contributed by atoms with Crippen LogP contribution in [0.1, 0.15) is 52.5 Å². The van der Waals surface area contributed by atoms with E-state index in [4.69, 9.17) is 4.74 Å². The maximum Gasteiger partial charge on any atom is 0.287 e. The summed E-state index contributed by atoms with van der Waals surface area (Å²) >= 11 is 0. The van der Waals surface area contributed by atoms with Gasteiger partial charge in [-0.3, -0.25) is 9.59 Å². The summed E-state index contributed by atoms with van der Waals surface area (Å²) in [6.45, 7) is 3.30. The minimum atomic E-state index is -0.215. The molecule has 144 valence electrons.